The van der Waals surface area contributed by atoms with Crippen LogP contribution in [-0.4, -0.2) is 31.6 Å². The molecule has 1 unspecified atom stereocenters. The molecule has 3 heteroatoms. The van der Waals surface area contributed by atoms with Crippen molar-refractivity contribution in [2.45, 2.75) is 25.8 Å². The zero-order chi connectivity index (χ0) is 17.2. The minimum atomic E-state index is 0.254. The van der Waals surface area contributed by atoms with E-state index in [0.29, 0.717) is 6.54 Å². The number of carbonyl (C=O) groups is 1. The first-order valence-corrected chi connectivity index (χ1v) is 9.20. The van der Waals surface area contributed by atoms with Crippen LogP contribution in [0.5, 0.6) is 0 Å². The van der Waals surface area contributed by atoms with Crippen molar-refractivity contribution in [3.05, 3.63) is 71.8 Å². The van der Waals surface area contributed by atoms with Crippen molar-refractivity contribution in [2.24, 2.45) is 0 Å². The van der Waals surface area contributed by atoms with E-state index >= 15 is 0 Å². The first-order valence-electron chi connectivity index (χ1n) is 9.20. The number of rotatable bonds is 3. The summed E-state index contributed by atoms with van der Waals surface area (Å²) in [7, 11) is 0. The molecule has 2 atom stereocenters. The molecule has 4 rings (SSSR count). The fraction of sp³-hybridized carbons (Fsp3) is 0.318. The third-order valence-electron chi connectivity index (χ3n) is 5.41. The summed E-state index contributed by atoms with van der Waals surface area (Å²) in [6.45, 7) is 4.68. The highest BCUT2D eigenvalue weighted by molar-refractivity contribution is 5.96. The van der Waals surface area contributed by atoms with Crippen LogP contribution < -0.4 is 9.80 Å². The van der Waals surface area contributed by atoms with Crippen LogP contribution in [0.3, 0.4) is 0 Å². The number of amides is 1. The Bertz CT molecular complexity index is 797. The van der Waals surface area contributed by atoms with Crippen molar-refractivity contribution in [3.63, 3.8) is 0 Å². The summed E-state index contributed by atoms with van der Waals surface area (Å²) >= 11 is 0. The summed E-state index contributed by atoms with van der Waals surface area (Å²) < 4.78 is 0. The Morgan fingerprint density at radius 2 is 1.88 bits per heavy atom. The molecule has 128 valence electrons. The highest BCUT2D eigenvalue weighted by atomic mass is 16.2. The van der Waals surface area contributed by atoms with Crippen LogP contribution in [0.1, 0.15) is 24.5 Å². The molecule has 0 fully saturated rings. The summed E-state index contributed by atoms with van der Waals surface area (Å²) in [4.78, 5) is 16.3. The van der Waals surface area contributed by atoms with Gasteiger partial charge < -0.3 is 9.80 Å². The van der Waals surface area contributed by atoms with E-state index in [1.54, 1.807) is 0 Å². The lowest BCUT2D eigenvalue weighted by Crippen LogP contribution is -3.13. The summed E-state index contributed by atoms with van der Waals surface area (Å²) in [6.07, 6.45) is 4.32. The van der Waals surface area contributed by atoms with Gasteiger partial charge in [-0.2, -0.15) is 0 Å². The molecule has 0 bridgehead atoms. The zero-order valence-corrected chi connectivity index (χ0v) is 14.7. The average molecular weight is 333 g/mol. The van der Waals surface area contributed by atoms with E-state index in [4.69, 9.17) is 0 Å². The molecule has 3 nitrogen and oxygen atoms in total. The Hall–Kier alpha value is -2.39. The molecule has 2 aliphatic heterocycles. The van der Waals surface area contributed by atoms with Gasteiger partial charge in [-0.1, -0.05) is 48.5 Å². The van der Waals surface area contributed by atoms with Crippen LogP contribution in [0.25, 0.3) is 5.57 Å². The second kappa shape index (κ2) is 6.85. The summed E-state index contributed by atoms with van der Waals surface area (Å²) in [6, 6.07) is 19.1. The second-order valence-corrected chi connectivity index (χ2v) is 7.17. The van der Waals surface area contributed by atoms with Crippen LogP contribution in [0, 0.1) is 0 Å². The summed E-state index contributed by atoms with van der Waals surface area (Å²) in [5.41, 5.74) is 5.13. The predicted octanol–water partition coefficient (Wildman–Crippen LogP) is 2.34. The molecular formula is C22H25N2O+. The van der Waals surface area contributed by atoms with Gasteiger partial charge in [0, 0.05) is 18.2 Å². The van der Waals surface area contributed by atoms with Crippen molar-refractivity contribution in [1.82, 2.24) is 0 Å². The Labute approximate surface area is 149 Å². The third-order valence-corrected chi connectivity index (χ3v) is 5.41. The maximum absolute atomic E-state index is 12.9. The second-order valence-electron chi connectivity index (χ2n) is 7.17. The highest BCUT2D eigenvalue weighted by Crippen LogP contribution is 2.31. The topological polar surface area (TPSA) is 24.8 Å². The average Bonchev–Trinajstić information content (AvgIpc) is 2.99. The molecule has 0 spiro atoms. The van der Waals surface area contributed by atoms with Crippen molar-refractivity contribution >= 4 is 17.2 Å². The number of hydrogen-bond acceptors (Lipinski definition) is 1. The van der Waals surface area contributed by atoms with Gasteiger partial charge in [0.25, 0.3) is 5.91 Å². The van der Waals surface area contributed by atoms with Gasteiger partial charge in [0.05, 0.1) is 13.1 Å². The third kappa shape index (κ3) is 3.24. The molecule has 25 heavy (non-hydrogen) atoms. The summed E-state index contributed by atoms with van der Waals surface area (Å²) in [5.74, 6) is 0.254. The van der Waals surface area contributed by atoms with Crippen LogP contribution in [-0.2, 0) is 11.2 Å². The van der Waals surface area contributed by atoms with E-state index in [-0.39, 0.29) is 11.9 Å². The number of hydrogen-bond donors (Lipinski definition) is 1. The van der Waals surface area contributed by atoms with Crippen LogP contribution in [0.4, 0.5) is 5.69 Å². The number of anilines is 1. The Kier molecular flexibility index (Phi) is 4.41. The molecule has 0 radical (unpaired) electrons. The van der Waals surface area contributed by atoms with Crippen molar-refractivity contribution < 1.29 is 9.69 Å². The van der Waals surface area contributed by atoms with Gasteiger partial charge in [-0.05, 0) is 42.2 Å². The number of fused-ring (bicyclic) bond motifs is 1. The van der Waals surface area contributed by atoms with Crippen LogP contribution in [0.2, 0.25) is 0 Å². The lowest BCUT2D eigenvalue weighted by Gasteiger charge is -2.27. The number of quaternary nitrogens is 1. The van der Waals surface area contributed by atoms with Crippen LogP contribution >= 0.6 is 0 Å². The molecule has 2 aromatic rings. The number of nitrogens with zero attached hydrogens (tertiary/aromatic N) is 1. The van der Waals surface area contributed by atoms with Crippen molar-refractivity contribution in [3.8, 4) is 0 Å². The smallest absolute Gasteiger partial charge is 0.282 e. The van der Waals surface area contributed by atoms with Gasteiger partial charge >= 0.3 is 0 Å². The Morgan fingerprint density at radius 1 is 1.12 bits per heavy atom. The van der Waals surface area contributed by atoms with E-state index in [2.05, 4.69) is 61.5 Å². The zero-order valence-electron chi connectivity index (χ0n) is 14.7. The molecular weight excluding hydrogens is 308 g/mol. The monoisotopic (exact) mass is 333 g/mol. The van der Waals surface area contributed by atoms with Gasteiger partial charge in [-0.25, -0.2) is 0 Å². The largest absolute Gasteiger partial charge is 0.324 e. The van der Waals surface area contributed by atoms with E-state index < -0.39 is 0 Å². The van der Waals surface area contributed by atoms with Crippen LogP contribution in [0.15, 0.2) is 60.7 Å². The lowest BCUT2D eigenvalue weighted by atomic mass is 9.99. The Balaban J connectivity index is 1.42. The first kappa shape index (κ1) is 16.1. The summed E-state index contributed by atoms with van der Waals surface area (Å²) in [5, 5.41) is 0. The number of para-hydroxylation sites is 1. The molecule has 2 aliphatic rings. The van der Waals surface area contributed by atoms with Gasteiger partial charge in [0.1, 0.15) is 0 Å². The molecule has 0 saturated carbocycles. The molecule has 0 aromatic heterocycles. The maximum atomic E-state index is 12.9. The minimum Gasteiger partial charge on any atom is -0.324 e. The fourth-order valence-electron chi connectivity index (χ4n) is 4.10. The molecule has 0 aliphatic carbocycles. The predicted molar refractivity (Wildman–Crippen MR) is 102 cm³/mol. The van der Waals surface area contributed by atoms with Crippen molar-refractivity contribution in [1.29, 1.82) is 0 Å². The first-order chi connectivity index (χ1) is 12.2. The quantitative estimate of drug-likeness (QED) is 0.916. The SMILES string of the molecule is C[C@H]1Cc2ccccc2N1C(=O)C[NH+]1CC=C(c2ccccc2)CC1. The molecule has 0 saturated heterocycles. The van der Waals surface area contributed by atoms with E-state index in [0.717, 1.165) is 31.6 Å². The lowest BCUT2D eigenvalue weighted by molar-refractivity contribution is -0.886. The number of nitrogens with one attached hydrogen (secondary N) is 1. The molecule has 2 aromatic carbocycles. The van der Waals surface area contributed by atoms with E-state index in [1.165, 1.54) is 21.6 Å². The molecule has 1 amide bonds. The van der Waals surface area contributed by atoms with Crippen molar-refractivity contribution in [2.75, 3.05) is 24.5 Å². The standard InChI is InChI=1S/C22H24N2O/c1-17-15-20-9-5-6-10-21(20)24(17)22(25)16-23-13-11-19(12-14-23)18-7-3-2-4-8-18/h2-11,17H,12-16H2,1H3/p+1/t17-/m0/s1. The number of benzene rings is 2. The molecule has 1 N–H and O–H groups in total. The van der Waals surface area contributed by atoms with Gasteiger partial charge in [-0.15, -0.1) is 0 Å². The molecule has 2 heterocycles. The minimum absolute atomic E-state index is 0.254. The number of carbonyl (C=O) groups excluding carboxylic acids is 1. The highest BCUT2D eigenvalue weighted by Gasteiger charge is 2.32. The normalized spacial score (nSPS) is 22.4. The fourth-order valence-corrected chi connectivity index (χ4v) is 4.10. The maximum Gasteiger partial charge on any atom is 0.282 e. The van der Waals surface area contributed by atoms with Gasteiger partial charge in [0.2, 0.25) is 0 Å². The van der Waals surface area contributed by atoms with Gasteiger partial charge in [0.15, 0.2) is 6.54 Å². The Morgan fingerprint density at radius 3 is 2.64 bits per heavy atom. The van der Waals surface area contributed by atoms with E-state index in [9.17, 15) is 4.79 Å². The van der Waals surface area contributed by atoms with Gasteiger partial charge in [-0.3, -0.25) is 4.79 Å². The van der Waals surface area contributed by atoms with E-state index in [1.807, 2.05) is 11.0 Å².